The molecule has 42 heavy (non-hydrogen) atoms. The first-order valence-electron chi connectivity index (χ1n) is 16.4. The van der Waals surface area contributed by atoms with E-state index in [2.05, 4.69) is 79.7 Å². The van der Waals surface area contributed by atoms with Crippen LogP contribution in [0.15, 0.2) is 97.1 Å². The summed E-state index contributed by atoms with van der Waals surface area (Å²) in [7, 11) is 0. The van der Waals surface area contributed by atoms with Gasteiger partial charge in [0.05, 0.1) is 0 Å². The summed E-state index contributed by atoms with van der Waals surface area (Å²) in [6, 6.07) is 35.6. The molecular weight excluding hydrogens is 508 g/mol. The monoisotopic (exact) mass is 558 g/mol. The number of unbranched alkanes of at least 4 members (excludes halogenated alkanes) is 5. The zero-order valence-electron chi connectivity index (χ0n) is 25.7. The Bertz CT molecular complexity index is 1250. The minimum absolute atomic E-state index is 0.0943. The highest BCUT2D eigenvalue weighted by Crippen LogP contribution is 2.47. The van der Waals surface area contributed by atoms with Crippen LogP contribution in [0.1, 0.15) is 111 Å². The van der Waals surface area contributed by atoms with Gasteiger partial charge in [0.25, 0.3) is 0 Å². The Morgan fingerprint density at radius 1 is 0.524 bits per heavy atom. The Balaban J connectivity index is 1.31. The Kier molecular flexibility index (Phi) is 10.4. The molecule has 1 aliphatic carbocycles. The lowest BCUT2D eigenvalue weighted by molar-refractivity contribution is 0.250. The van der Waals surface area contributed by atoms with Crippen molar-refractivity contribution in [1.82, 2.24) is 0 Å². The maximum atomic E-state index is 5.90. The van der Waals surface area contributed by atoms with Crippen LogP contribution in [0.5, 0.6) is 0 Å². The van der Waals surface area contributed by atoms with Gasteiger partial charge in [-0.15, -0.1) is 0 Å². The topological polar surface area (TPSA) is 52.0 Å². The second-order valence-corrected chi connectivity index (χ2v) is 12.8. The largest absolute Gasteiger partial charge is 0.399 e. The summed E-state index contributed by atoms with van der Waals surface area (Å²) >= 11 is 0. The number of anilines is 2. The van der Waals surface area contributed by atoms with Crippen LogP contribution in [0.3, 0.4) is 0 Å². The maximum Gasteiger partial charge on any atom is 0.0314 e. The second-order valence-electron chi connectivity index (χ2n) is 12.8. The third-order valence-electron chi connectivity index (χ3n) is 9.71. The Labute approximate surface area is 254 Å². The van der Waals surface area contributed by atoms with E-state index in [9.17, 15) is 0 Å². The van der Waals surface area contributed by atoms with Gasteiger partial charge in [0.1, 0.15) is 0 Å². The fourth-order valence-electron chi connectivity index (χ4n) is 7.04. The van der Waals surface area contributed by atoms with Gasteiger partial charge >= 0.3 is 0 Å². The van der Waals surface area contributed by atoms with Crippen LogP contribution >= 0.6 is 0 Å². The van der Waals surface area contributed by atoms with Crippen LogP contribution < -0.4 is 11.5 Å². The quantitative estimate of drug-likeness (QED) is 0.127. The summed E-state index contributed by atoms with van der Waals surface area (Å²) in [6.07, 6.45) is 16.8. The first-order chi connectivity index (χ1) is 20.5. The predicted molar refractivity (Wildman–Crippen MR) is 181 cm³/mol. The smallest absolute Gasteiger partial charge is 0.0314 e. The molecule has 0 saturated heterocycles. The lowest BCUT2D eigenvalue weighted by atomic mass is 9.62. The molecule has 4 aromatic carbocycles. The molecule has 0 aromatic heterocycles. The van der Waals surface area contributed by atoms with Gasteiger partial charge in [-0.2, -0.15) is 0 Å². The molecule has 220 valence electrons. The molecule has 4 N–H and O–H groups in total. The lowest BCUT2D eigenvalue weighted by Gasteiger charge is -2.42. The zero-order valence-corrected chi connectivity index (χ0v) is 25.7. The van der Waals surface area contributed by atoms with E-state index >= 15 is 0 Å². The normalized spacial score (nSPS) is 15.1. The molecule has 2 nitrogen and oxygen atoms in total. The van der Waals surface area contributed by atoms with E-state index in [1.54, 1.807) is 0 Å². The summed E-state index contributed by atoms with van der Waals surface area (Å²) < 4.78 is 0. The fraction of sp³-hybridized carbons (Fsp3) is 0.400. The Hall–Kier alpha value is -3.52. The van der Waals surface area contributed by atoms with E-state index in [0.29, 0.717) is 0 Å². The van der Waals surface area contributed by atoms with Gasteiger partial charge in [0.15, 0.2) is 0 Å². The van der Waals surface area contributed by atoms with Crippen molar-refractivity contribution in [2.45, 2.75) is 95.8 Å². The van der Waals surface area contributed by atoms with Gasteiger partial charge in [-0.05, 0) is 102 Å². The van der Waals surface area contributed by atoms with Gasteiger partial charge in [0, 0.05) is 16.8 Å². The van der Waals surface area contributed by atoms with Gasteiger partial charge < -0.3 is 11.5 Å². The third kappa shape index (κ3) is 7.85. The summed E-state index contributed by atoms with van der Waals surface area (Å²) in [4.78, 5) is 0. The number of rotatable bonds is 13. The van der Waals surface area contributed by atoms with Crippen LogP contribution in [0, 0.1) is 5.92 Å². The SMILES string of the molecule is CCCCCCCCC1CCC(c2ccc(Cc3ccc(N)cc3)cc2)(c2ccc(Cc3ccc(N)cc3)cc2)CC1. The first-order valence-corrected chi connectivity index (χ1v) is 16.4. The van der Waals surface area contributed by atoms with E-state index in [4.69, 9.17) is 11.5 Å². The number of hydrogen-bond acceptors (Lipinski definition) is 2. The highest BCUT2D eigenvalue weighted by Gasteiger charge is 2.38. The number of hydrogen-bond donors (Lipinski definition) is 2. The summed E-state index contributed by atoms with van der Waals surface area (Å²) in [5.41, 5.74) is 21.8. The Morgan fingerprint density at radius 3 is 1.33 bits per heavy atom. The molecule has 4 aromatic rings. The highest BCUT2D eigenvalue weighted by atomic mass is 14.5. The molecule has 0 bridgehead atoms. The molecule has 1 saturated carbocycles. The van der Waals surface area contributed by atoms with Crippen molar-refractivity contribution in [3.63, 3.8) is 0 Å². The van der Waals surface area contributed by atoms with Gasteiger partial charge in [-0.1, -0.05) is 125 Å². The molecule has 1 fully saturated rings. The minimum Gasteiger partial charge on any atom is -0.399 e. The molecule has 0 heterocycles. The molecule has 0 aliphatic heterocycles. The average Bonchev–Trinajstić information content (AvgIpc) is 3.02. The van der Waals surface area contributed by atoms with Crippen molar-refractivity contribution in [3.8, 4) is 0 Å². The van der Waals surface area contributed by atoms with Gasteiger partial charge in [0.2, 0.25) is 0 Å². The van der Waals surface area contributed by atoms with Crippen molar-refractivity contribution >= 4 is 11.4 Å². The van der Waals surface area contributed by atoms with Crippen molar-refractivity contribution in [3.05, 3.63) is 130 Å². The zero-order chi connectivity index (χ0) is 29.2. The van der Waals surface area contributed by atoms with Crippen molar-refractivity contribution < 1.29 is 0 Å². The van der Waals surface area contributed by atoms with Gasteiger partial charge in [-0.25, -0.2) is 0 Å². The fourth-order valence-corrected chi connectivity index (χ4v) is 7.04. The van der Waals surface area contributed by atoms with Crippen molar-refractivity contribution in [2.24, 2.45) is 5.92 Å². The number of nitrogen functional groups attached to an aromatic ring is 2. The Morgan fingerprint density at radius 2 is 0.905 bits per heavy atom. The molecule has 2 heteroatoms. The van der Waals surface area contributed by atoms with Gasteiger partial charge in [-0.3, -0.25) is 0 Å². The molecule has 1 aliphatic rings. The number of benzene rings is 4. The molecule has 5 rings (SSSR count). The standard InChI is InChI=1S/C40H50N2/c1-2-3-4-5-6-7-8-31-25-27-40(28-26-31,36-17-9-32(10-18-36)29-34-13-21-38(41)22-14-34)37-19-11-33(12-20-37)30-35-15-23-39(42)24-16-35/h9-24,31H,2-8,25-30,41-42H2,1H3. The minimum atomic E-state index is 0.0943. The van der Waals surface area contributed by atoms with Crippen molar-refractivity contribution in [2.75, 3.05) is 11.5 Å². The summed E-state index contributed by atoms with van der Waals surface area (Å²) in [5.74, 6) is 0.874. The van der Waals surface area contributed by atoms with Crippen LogP contribution in [-0.4, -0.2) is 0 Å². The average molecular weight is 559 g/mol. The van der Waals surface area contributed by atoms with E-state index in [0.717, 1.165) is 30.1 Å². The van der Waals surface area contributed by atoms with E-state index in [1.165, 1.54) is 104 Å². The van der Waals surface area contributed by atoms with E-state index < -0.39 is 0 Å². The highest BCUT2D eigenvalue weighted by molar-refractivity contribution is 5.45. The first kappa shape index (κ1) is 30.0. The maximum absolute atomic E-state index is 5.90. The molecule has 0 atom stereocenters. The summed E-state index contributed by atoms with van der Waals surface area (Å²) in [6.45, 7) is 2.30. The van der Waals surface area contributed by atoms with E-state index in [1.807, 2.05) is 24.3 Å². The van der Waals surface area contributed by atoms with Crippen LogP contribution in [0.2, 0.25) is 0 Å². The van der Waals surface area contributed by atoms with Crippen LogP contribution in [0.25, 0.3) is 0 Å². The van der Waals surface area contributed by atoms with E-state index in [-0.39, 0.29) is 5.41 Å². The van der Waals surface area contributed by atoms with Crippen LogP contribution in [-0.2, 0) is 18.3 Å². The molecule has 0 spiro atoms. The van der Waals surface area contributed by atoms with Crippen LogP contribution in [0.4, 0.5) is 11.4 Å². The molecular formula is C40H50N2. The molecule has 0 unspecified atom stereocenters. The molecule has 0 amide bonds. The number of nitrogens with two attached hydrogens (primary N) is 2. The lowest BCUT2D eigenvalue weighted by Crippen LogP contribution is -2.33. The second kappa shape index (κ2) is 14.6. The van der Waals surface area contributed by atoms with Crippen molar-refractivity contribution in [1.29, 1.82) is 0 Å². The predicted octanol–water partition coefficient (Wildman–Crippen LogP) is 10.3. The third-order valence-corrected chi connectivity index (χ3v) is 9.71. The molecule has 0 radical (unpaired) electrons. The summed E-state index contributed by atoms with van der Waals surface area (Å²) in [5, 5.41) is 0.